The minimum absolute atomic E-state index is 0.0875. The van der Waals surface area contributed by atoms with E-state index >= 15 is 0 Å². The smallest absolute Gasteiger partial charge is 0.255 e. The van der Waals surface area contributed by atoms with Gasteiger partial charge in [-0.1, -0.05) is 12.1 Å². The van der Waals surface area contributed by atoms with E-state index < -0.39 is 0 Å². The topological polar surface area (TPSA) is 58.6 Å². The normalized spacial score (nSPS) is 14.0. The molecule has 0 spiro atoms. The molecule has 0 aliphatic carbocycles. The van der Waals surface area contributed by atoms with Crippen molar-refractivity contribution in [3.05, 3.63) is 54.1 Å². The van der Waals surface area contributed by atoms with Crippen molar-refractivity contribution in [2.75, 3.05) is 16.8 Å². The molecular formula is C20H22N2O3. The molecule has 25 heavy (non-hydrogen) atoms. The summed E-state index contributed by atoms with van der Waals surface area (Å²) in [5.74, 6) is 0.613. The van der Waals surface area contributed by atoms with Crippen LogP contribution in [0, 0.1) is 0 Å². The zero-order valence-electron chi connectivity index (χ0n) is 14.5. The van der Waals surface area contributed by atoms with Gasteiger partial charge in [-0.15, -0.1) is 0 Å². The number of benzene rings is 2. The van der Waals surface area contributed by atoms with E-state index in [1.165, 1.54) is 0 Å². The Labute approximate surface area is 147 Å². The molecule has 0 atom stereocenters. The Balaban J connectivity index is 1.76. The summed E-state index contributed by atoms with van der Waals surface area (Å²) >= 11 is 0. The van der Waals surface area contributed by atoms with Crippen LogP contribution in [0.25, 0.3) is 0 Å². The fourth-order valence-corrected chi connectivity index (χ4v) is 2.87. The van der Waals surface area contributed by atoms with Gasteiger partial charge in [0.05, 0.1) is 17.5 Å². The summed E-state index contributed by atoms with van der Waals surface area (Å²) in [6, 6.07) is 14.4. The van der Waals surface area contributed by atoms with Gasteiger partial charge in [0.25, 0.3) is 5.91 Å². The highest BCUT2D eigenvalue weighted by atomic mass is 16.5. The third-order valence-electron chi connectivity index (χ3n) is 4.00. The molecule has 1 aliphatic heterocycles. The molecule has 0 bridgehead atoms. The lowest BCUT2D eigenvalue weighted by Crippen LogP contribution is -2.25. The number of ether oxygens (including phenoxy) is 1. The summed E-state index contributed by atoms with van der Waals surface area (Å²) in [7, 11) is 0. The van der Waals surface area contributed by atoms with E-state index in [2.05, 4.69) is 5.32 Å². The number of nitrogens with zero attached hydrogens (tertiary/aromatic N) is 1. The molecule has 1 aliphatic rings. The van der Waals surface area contributed by atoms with E-state index in [-0.39, 0.29) is 17.9 Å². The lowest BCUT2D eigenvalue weighted by molar-refractivity contribution is -0.117. The van der Waals surface area contributed by atoms with Gasteiger partial charge in [0.1, 0.15) is 5.75 Å². The first-order valence-corrected chi connectivity index (χ1v) is 8.52. The van der Waals surface area contributed by atoms with Crippen LogP contribution in [0.4, 0.5) is 11.4 Å². The van der Waals surface area contributed by atoms with Crippen LogP contribution < -0.4 is 15.0 Å². The second kappa shape index (κ2) is 7.38. The fraction of sp³-hybridized carbons (Fsp3) is 0.300. The van der Waals surface area contributed by atoms with Crippen LogP contribution in [0.5, 0.6) is 5.75 Å². The first-order valence-electron chi connectivity index (χ1n) is 8.52. The minimum atomic E-state index is -0.213. The standard InChI is InChI=1S/C20H22N2O3/c1-14(2)25-16-11-9-15(10-12-16)20(24)21-17-6-3-4-7-18(17)22-13-5-8-19(22)23/h3-4,6-7,9-12,14H,5,8,13H2,1-2H3,(H,21,24). The molecule has 2 aromatic rings. The molecule has 1 saturated heterocycles. The van der Waals surface area contributed by atoms with Gasteiger partial charge in [-0.3, -0.25) is 9.59 Å². The molecule has 2 aromatic carbocycles. The van der Waals surface area contributed by atoms with Crippen molar-refractivity contribution in [2.45, 2.75) is 32.8 Å². The maximum absolute atomic E-state index is 12.5. The monoisotopic (exact) mass is 338 g/mol. The Morgan fingerprint density at radius 2 is 1.84 bits per heavy atom. The van der Waals surface area contributed by atoms with Gasteiger partial charge in [-0.2, -0.15) is 0 Å². The number of hydrogen-bond acceptors (Lipinski definition) is 3. The molecule has 0 aromatic heterocycles. The first kappa shape index (κ1) is 17.0. The van der Waals surface area contributed by atoms with Crippen LogP contribution in [0.2, 0.25) is 0 Å². The van der Waals surface area contributed by atoms with Crippen LogP contribution >= 0.6 is 0 Å². The largest absolute Gasteiger partial charge is 0.491 e. The Kier molecular flexibility index (Phi) is 5.03. The SMILES string of the molecule is CC(C)Oc1ccc(C(=O)Nc2ccccc2N2CCCC2=O)cc1. The minimum Gasteiger partial charge on any atom is -0.491 e. The number of nitrogens with one attached hydrogen (secondary N) is 1. The maximum atomic E-state index is 12.5. The van der Waals surface area contributed by atoms with Gasteiger partial charge < -0.3 is 15.0 Å². The molecule has 3 rings (SSSR count). The third kappa shape index (κ3) is 3.99. The van der Waals surface area contributed by atoms with Crippen molar-refractivity contribution in [3.63, 3.8) is 0 Å². The highest BCUT2D eigenvalue weighted by Gasteiger charge is 2.24. The predicted molar refractivity (Wildman–Crippen MR) is 98.2 cm³/mol. The highest BCUT2D eigenvalue weighted by molar-refractivity contribution is 6.08. The highest BCUT2D eigenvalue weighted by Crippen LogP contribution is 2.29. The summed E-state index contributed by atoms with van der Waals surface area (Å²) in [5.41, 5.74) is 1.93. The fourth-order valence-electron chi connectivity index (χ4n) is 2.87. The second-order valence-electron chi connectivity index (χ2n) is 6.31. The molecule has 1 N–H and O–H groups in total. The quantitative estimate of drug-likeness (QED) is 0.901. The van der Waals surface area contributed by atoms with E-state index in [1.54, 1.807) is 29.2 Å². The van der Waals surface area contributed by atoms with Crippen LogP contribution in [-0.4, -0.2) is 24.5 Å². The molecule has 0 unspecified atom stereocenters. The van der Waals surface area contributed by atoms with Crippen LogP contribution in [-0.2, 0) is 4.79 Å². The lowest BCUT2D eigenvalue weighted by Gasteiger charge is -2.20. The molecule has 0 saturated carbocycles. The summed E-state index contributed by atoms with van der Waals surface area (Å²) in [6.45, 7) is 4.60. The van der Waals surface area contributed by atoms with Gasteiger partial charge in [0, 0.05) is 18.5 Å². The Hall–Kier alpha value is -2.82. The van der Waals surface area contributed by atoms with Gasteiger partial charge in [0.2, 0.25) is 5.91 Å². The Morgan fingerprint density at radius 3 is 2.48 bits per heavy atom. The molecule has 130 valence electrons. The Bertz CT molecular complexity index is 769. The summed E-state index contributed by atoms with van der Waals surface area (Å²) < 4.78 is 5.59. The van der Waals surface area contributed by atoms with Gasteiger partial charge in [0.15, 0.2) is 0 Å². The number of amides is 2. The predicted octanol–water partition coefficient (Wildman–Crippen LogP) is 3.85. The van der Waals surface area contributed by atoms with Crippen LogP contribution in [0.1, 0.15) is 37.0 Å². The molecule has 5 heteroatoms. The van der Waals surface area contributed by atoms with E-state index in [4.69, 9.17) is 4.74 Å². The number of para-hydroxylation sites is 2. The van der Waals surface area contributed by atoms with Crippen molar-refractivity contribution >= 4 is 23.2 Å². The lowest BCUT2D eigenvalue weighted by atomic mass is 10.2. The van der Waals surface area contributed by atoms with Crippen molar-refractivity contribution in [3.8, 4) is 5.75 Å². The number of hydrogen-bond donors (Lipinski definition) is 1. The second-order valence-corrected chi connectivity index (χ2v) is 6.31. The zero-order chi connectivity index (χ0) is 17.8. The molecule has 1 fully saturated rings. The van der Waals surface area contributed by atoms with Crippen molar-refractivity contribution < 1.29 is 14.3 Å². The van der Waals surface area contributed by atoms with Crippen molar-refractivity contribution in [1.29, 1.82) is 0 Å². The molecule has 5 nitrogen and oxygen atoms in total. The van der Waals surface area contributed by atoms with Gasteiger partial charge in [-0.25, -0.2) is 0 Å². The average molecular weight is 338 g/mol. The third-order valence-corrected chi connectivity index (χ3v) is 4.00. The van der Waals surface area contributed by atoms with Gasteiger partial charge >= 0.3 is 0 Å². The van der Waals surface area contributed by atoms with E-state index in [9.17, 15) is 9.59 Å². The van der Waals surface area contributed by atoms with Crippen LogP contribution in [0.3, 0.4) is 0 Å². The van der Waals surface area contributed by atoms with E-state index in [1.807, 2.05) is 38.1 Å². The molecule has 0 radical (unpaired) electrons. The first-order chi connectivity index (χ1) is 12.0. The maximum Gasteiger partial charge on any atom is 0.255 e. The Morgan fingerprint density at radius 1 is 1.12 bits per heavy atom. The number of anilines is 2. The van der Waals surface area contributed by atoms with Crippen molar-refractivity contribution in [2.24, 2.45) is 0 Å². The van der Waals surface area contributed by atoms with Gasteiger partial charge in [-0.05, 0) is 56.7 Å². The van der Waals surface area contributed by atoms with Crippen LogP contribution in [0.15, 0.2) is 48.5 Å². The molecular weight excluding hydrogens is 316 g/mol. The molecule has 1 heterocycles. The van der Waals surface area contributed by atoms with E-state index in [0.717, 1.165) is 17.9 Å². The summed E-state index contributed by atoms with van der Waals surface area (Å²) in [6.07, 6.45) is 1.49. The van der Waals surface area contributed by atoms with E-state index in [0.29, 0.717) is 24.2 Å². The number of carbonyl (C=O) groups excluding carboxylic acids is 2. The average Bonchev–Trinajstić information content (AvgIpc) is 3.01. The zero-order valence-corrected chi connectivity index (χ0v) is 14.5. The molecule has 2 amide bonds. The number of rotatable bonds is 5. The van der Waals surface area contributed by atoms with Crippen molar-refractivity contribution in [1.82, 2.24) is 0 Å². The summed E-state index contributed by atoms with van der Waals surface area (Å²) in [5, 5.41) is 2.91. The summed E-state index contributed by atoms with van der Waals surface area (Å²) in [4.78, 5) is 26.3. The number of carbonyl (C=O) groups is 2.